The summed E-state index contributed by atoms with van der Waals surface area (Å²) in [6.45, 7) is 1.36. The Morgan fingerprint density at radius 2 is 2.16 bits per heavy atom. The van der Waals surface area contributed by atoms with Gasteiger partial charge >= 0.3 is 5.97 Å². The number of carbonyl (C=O) groups is 2. The third kappa shape index (κ3) is 4.78. The van der Waals surface area contributed by atoms with Crippen molar-refractivity contribution in [3.63, 3.8) is 0 Å². The van der Waals surface area contributed by atoms with Crippen molar-refractivity contribution in [2.75, 3.05) is 19.0 Å². The quantitative estimate of drug-likeness (QED) is 0.735. The Morgan fingerprint density at radius 1 is 1.47 bits per heavy atom. The van der Waals surface area contributed by atoms with Crippen LogP contribution in [0.15, 0.2) is 22.7 Å². The van der Waals surface area contributed by atoms with Gasteiger partial charge in [0.25, 0.3) is 0 Å². The Kier molecular flexibility index (Phi) is 5.62. The third-order valence-electron chi connectivity index (χ3n) is 2.34. The summed E-state index contributed by atoms with van der Waals surface area (Å²) < 4.78 is 5.93. The second kappa shape index (κ2) is 6.98. The lowest BCUT2D eigenvalue weighted by Gasteiger charge is -2.15. The minimum Gasteiger partial charge on any atom is -0.495 e. The highest BCUT2D eigenvalue weighted by atomic mass is 79.9. The number of benzene rings is 1. The van der Waals surface area contributed by atoms with E-state index in [4.69, 9.17) is 9.84 Å². The molecule has 1 atom stereocenters. The molecule has 0 saturated carbocycles. The Morgan fingerprint density at radius 3 is 2.68 bits per heavy atom. The molecule has 0 fully saturated rings. The summed E-state index contributed by atoms with van der Waals surface area (Å²) in [4.78, 5) is 21.8. The van der Waals surface area contributed by atoms with Crippen molar-refractivity contribution in [2.24, 2.45) is 0 Å². The van der Waals surface area contributed by atoms with E-state index in [2.05, 4.69) is 26.6 Å². The predicted octanol–water partition coefficient (Wildman–Crippen LogP) is 1.46. The molecule has 1 rings (SSSR count). The highest BCUT2D eigenvalue weighted by molar-refractivity contribution is 9.10. The molecule has 0 aliphatic carbocycles. The zero-order valence-corrected chi connectivity index (χ0v) is 12.2. The van der Waals surface area contributed by atoms with Gasteiger partial charge in [0.05, 0.1) is 11.6 Å². The highest BCUT2D eigenvalue weighted by Crippen LogP contribution is 2.27. The Hall–Kier alpha value is -1.76. The number of carbonyl (C=O) groups excluding carboxylic acids is 1. The smallest absolute Gasteiger partial charge is 0.328 e. The molecule has 0 aliphatic heterocycles. The lowest BCUT2D eigenvalue weighted by Crippen LogP contribution is -2.44. The molecule has 0 radical (unpaired) electrons. The molecule has 1 aromatic rings. The van der Waals surface area contributed by atoms with Crippen LogP contribution in [0.4, 0.5) is 5.69 Å². The molecular formula is C12H15BrN2O4. The van der Waals surface area contributed by atoms with E-state index in [9.17, 15) is 9.59 Å². The molecule has 3 N–H and O–H groups in total. The van der Waals surface area contributed by atoms with Gasteiger partial charge in [0.2, 0.25) is 5.91 Å². The lowest BCUT2D eigenvalue weighted by atomic mass is 10.2. The van der Waals surface area contributed by atoms with Crippen molar-refractivity contribution in [1.29, 1.82) is 0 Å². The summed E-state index contributed by atoms with van der Waals surface area (Å²) in [6.07, 6.45) is 0. The van der Waals surface area contributed by atoms with Crippen LogP contribution in [-0.2, 0) is 9.59 Å². The number of ether oxygens (including phenoxy) is 1. The van der Waals surface area contributed by atoms with Gasteiger partial charge < -0.3 is 20.5 Å². The maximum atomic E-state index is 10.9. The molecule has 1 amide bonds. The fourth-order valence-electron chi connectivity index (χ4n) is 1.44. The number of halogens is 1. The van der Waals surface area contributed by atoms with Gasteiger partial charge in [-0.2, -0.15) is 0 Å². The molecule has 0 heterocycles. The van der Waals surface area contributed by atoms with Gasteiger partial charge in [0.1, 0.15) is 11.8 Å². The molecule has 0 spiro atoms. The van der Waals surface area contributed by atoms with Crippen molar-refractivity contribution >= 4 is 33.5 Å². The normalized spacial score (nSPS) is 11.5. The molecule has 0 aliphatic rings. The van der Waals surface area contributed by atoms with Crippen LogP contribution in [0, 0.1) is 0 Å². The Labute approximate surface area is 119 Å². The Balaban J connectivity index is 2.68. The van der Waals surface area contributed by atoms with E-state index in [-0.39, 0.29) is 12.5 Å². The van der Waals surface area contributed by atoms with Crippen molar-refractivity contribution in [3.05, 3.63) is 22.7 Å². The second-order valence-electron chi connectivity index (χ2n) is 3.82. The fourth-order valence-corrected chi connectivity index (χ4v) is 1.84. The molecule has 0 bridgehead atoms. The molecule has 104 valence electrons. The van der Waals surface area contributed by atoms with Gasteiger partial charge in [0, 0.05) is 25.2 Å². The first-order valence-corrected chi connectivity index (χ1v) is 6.30. The molecule has 1 aromatic carbocycles. The average Bonchev–Trinajstić information content (AvgIpc) is 2.35. The minimum atomic E-state index is -1.09. The number of hydrogen-bond acceptors (Lipinski definition) is 4. The van der Waals surface area contributed by atoms with E-state index in [0.717, 1.165) is 4.47 Å². The number of hydrogen-bond donors (Lipinski definition) is 3. The van der Waals surface area contributed by atoms with Gasteiger partial charge in [-0.3, -0.25) is 4.79 Å². The van der Waals surface area contributed by atoms with Crippen molar-refractivity contribution in [3.8, 4) is 5.75 Å². The van der Waals surface area contributed by atoms with Crippen LogP contribution in [0.25, 0.3) is 0 Å². The van der Waals surface area contributed by atoms with Crippen LogP contribution in [0.3, 0.4) is 0 Å². The Bertz CT molecular complexity index is 479. The van der Waals surface area contributed by atoms with Gasteiger partial charge in [-0.25, -0.2) is 4.79 Å². The first-order valence-electron chi connectivity index (χ1n) is 5.51. The van der Waals surface area contributed by atoms with Crippen LogP contribution in [-0.4, -0.2) is 36.7 Å². The summed E-state index contributed by atoms with van der Waals surface area (Å²) >= 11 is 3.32. The van der Waals surface area contributed by atoms with Crippen LogP contribution in [0.5, 0.6) is 5.75 Å². The topological polar surface area (TPSA) is 87.7 Å². The van der Waals surface area contributed by atoms with E-state index in [1.807, 2.05) is 0 Å². The summed E-state index contributed by atoms with van der Waals surface area (Å²) in [7, 11) is 1.54. The molecule has 1 unspecified atom stereocenters. The molecule has 7 heteroatoms. The molecule has 6 nitrogen and oxygen atoms in total. The van der Waals surface area contributed by atoms with E-state index < -0.39 is 12.0 Å². The zero-order valence-electron chi connectivity index (χ0n) is 10.6. The molecule has 19 heavy (non-hydrogen) atoms. The summed E-state index contributed by atoms with van der Waals surface area (Å²) in [6, 6.07) is 4.32. The van der Waals surface area contributed by atoms with Crippen molar-refractivity contribution in [2.45, 2.75) is 13.0 Å². The van der Waals surface area contributed by atoms with E-state index in [1.54, 1.807) is 25.3 Å². The highest BCUT2D eigenvalue weighted by Gasteiger charge is 2.17. The number of rotatable bonds is 6. The van der Waals surface area contributed by atoms with Crippen LogP contribution in [0.2, 0.25) is 0 Å². The second-order valence-corrected chi connectivity index (χ2v) is 4.68. The maximum Gasteiger partial charge on any atom is 0.328 e. The standard InChI is InChI=1S/C12H15BrN2O4/c1-7(16)15-10(12(17)18)6-14-8-3-4-9(13)11(5-8)19-2/h3-5,10,14H,6H2,1-2H3,(H,15,16)(H,17,18). The summed E-state index contributed by atoms with van der Waals surface area (Å²) in [5.74, 6) is -0.842. The van der Waals surface area contributed by atoms with E-state index in [1.165, 1.54) is 6.92 Å². The van der Waals surface area contributed by atoms with E-state index in [0.29, 0.717) is 11.4 Å². The zero-order chi connectivity index (χ0) is 14.4. The van der Waals surface area contributed by atoms with Gasteiger partial charge in [-0.15, -0.1) is 0 Å². The van der Waals surface area contributed by atoms with Gasteiger partial charge in [-0.1, -0.05) is 0 Å². The number of carboxylic acid groups (broad SMARTS) is 1. The SMILES string of the molecule is COc1cc(NCC(NC(C)=O)C(=O)O)ccc1Br. The summed E-state index contributed by atoms with van der Waals surface area (Å²) in [5.41, 5.74) is 0.705. The maximum absolute atomic E-state index is 10.9. The summed E-state index contributed by atoms with van der Waals surface area (Å²) in [5, 5.41) is 14.2. The lowest BCUT2D eigenvalue weighted by molar-refractivity contribution is -0.141. The minimum absolute atomic E-state index is 0.0830. The first-order chi connectivity index (χ1) is 8.93. The monoisotopic (exact) mass is 330 g/mol. The average molecular weight is 331 g/mol. The van der Waals surface area contributed by atoms with E-state index >= 15 is 0 Å². The van der Waals surface area contributed by atoms with Crippen LogP contribution >= 0.6 is 15.9 Å². The number of amides is 1. The number of aliphatic carboxylic acids is 1. The molecular weight excluding hydrogens is 316 g/mol. The number of carboxylic acids is 1. The largest absolute Gasteiger partial charge is 0.495 e. The third-order valence-corrected chi connectivity index (χ3v) is 2.99. The predicted molar refractivity (Wildman–Crippen MR) is 74.4 cm³/mol. The van der Waals surface area contributed by atoms with Gasteiger partial charge in [0.15, 0.2) is 0 Å². The fraction of sp³-hybridized carbons (Fsp3) is 0.333. The number of anilines is 1. The number of nitrogens with one attached hydrogen (secondary N) is 2. The molecule has 0 aromatic heterocycles. The van der Waals surface area contributed by atoms with Crippen molar-refractivity contribution < 1.29 is 19.4 Å². The number of methoxy groups -OCH3 is 1. The van der Waals surface area contributed by atoms with Crippen molar-refractivity contribution in [1.82, 2.24) is 5.32 Å². The molecule has 0 saturated heterocycles. The van der Waals surface area contributed by atoms with Crippen LogP contribution in [0.1, 0.15) is 6.92 Å². The van der Waals surface area contributed by atoms with Gasteiger partial charge in [-0.05, 0) is 28.1 Å². The van der Waals surface area contributed by atoms with Crippen LogP contribution < -0.4 is 15.4 Å². The first kappa shape index (κ1) is 15.3.